The fourth-order valence-corrected chi connectivity index (χ4v) is 9.51. The molecule has 0 spiro atoms. The van der Waals surface area contributed by atoms with Crippen molar-refractivity contribution >= 4 is 76.2 Å². The Balaban J connectivity index is 1.13. The largest absolute Gasteiger partial charge is 0.309 e. The molecule has 0 radical (unpaired) electrons. The van der Waals surface area contributed by atoms with Crippen LogP contribution in [0.3, 0.4) is 0 Å². The van der Waals surface area contributed by atoms with Crippen LogP contribution in [0.1, 0.15) is 8.22 Å². The molecule has 3 nitrogen and oxygen atoms in total. The molecule has 3 aromatic heterocycles. The summed E-state index contributed by atoms with van der Waals surface area (Å²) in [6.07, 6.45) is 0. The maximum absolute atomic E-state index is 10.2. The summed E-state index contributed by atoms with van der Waals surface area (Å²) in [7, 11) is 0. The van der Waals surface area contributed by atoms with Crippen molar-refractivity contribution in [2.24, 2.45) is 0 Å². The van der Waals surface area contributed by atoms with Gasteiger partial charge in [-0.2, -0.15) is 0 Å². The van der Waals surface area contributed by atoms with E-state index in [1.165, 1.54) is 0 Å². The number of benzene rings is 10. The van der Waals surface area contributed by atoms with Crippen LogP contribution in [0.25, 0.3) is 116 Å². The summed E-state index contributed by atoms with van der Waals surface area (Å²) in [5.41, 5.74) is 8.92. The molecule has 13 rings (SSSR count). The SMILES string of the molecule is [2H]c1c(-c2ccc3c(c2)c2ccccc2n3-c2ccccc2)c([2H])c2c3c([2H])c(-c4ccc5c(c4)c4ccccc4n5-c4ccccc4)c([2H])c([2H])c3n(-c3cccc4ccccc34)c2c1[2H]. The van der Waals surface area contributed by atoms with Crippen molar-refractivity contribution < 1.29 is 8.22 Å². The molecule has 0 N–H and O–H groups in total. The molecule has 0 fully saturated rings. The van der Waals surface area contributed by atoms with Crippen molar-refractivity contribution in [1.82, 2.24) is 13.7 Å². The third-order valence-electron chi connectivity index (χ3n) is 12.2. The standard InChI is InChI=1S/C58H37N3/c1-3-16-43(17-4-1)59-53-23-11-9-21-46(53)48-34-39(26-30-55(48)59)41-28-32-57-50(36-41)51-37-42(29-33-58(51)61(57)52-25-13-15-38-14-7-8-20-45(38)52)40-27-31-56-49(35-40)47-22-10-12-24-54(47)60(56)44-18-5-2-6-19-44/h1-37H/i28D,29D,32D,33D,36D,37D. The lowest BCUT2D eigenvalue weighted by Gasteiger charge is -2.12. The highest BCUT2D eigenvalue weighted by molar-refractivity contribution is 6.15. The summed E-state index contributed by atoms with van der Waals surface area (Å²) < 4.78 is 65.9. The molecule has 284 valence electrons. The van der Waals surface area contributed by atoms with Crippen LogP contribution in [0.4, 0.5) is 0 Å². The minimum atomic E-state index is -0.127. The van der Waals surface area contributed by atoms with E-state index in [9.17, 15) is 8.22 Å². The third kappa shape index (κ3) is 5.11. The number of hydrogen-bond donors (Lipinski definition) is 0. The molecule has 0 aliphatic carbocycles. The van der Waals surface area contributed by atoms with Crippen LogP contribution in [0.15, 0.2) is 224 Å². The Labute approximate surface area is 360 Å². The van der Waals surface area contributed by atoms with Crippen molar-refractivity contribution in [1.29, 1.82) is 0 Å². The van der Waals surface area contributed by atoms with Gasteiger partial charge >= 0.3 is 0 Å². The highest BCUT2D eigenvalue weighted by atomic mass is 15.0. The predicted octanol–water partition coefficient (Wildman–Crippen LogP) is 15.5. The van der Waals surface area contributed by atoms with E-state index >= 15 is 0 Å². The lowest BCUT2D eigenvalue weighted by atomic mass is 9.98. The van der Waals surface area contributed by atoms with Gasteiger partial charge in [-0.15, -0.1) is 0 Å². The molecule has 0 atom stereocenters. The van der Waals surface area contributed by atoms with Crippen LogP contribution in [-0.4, -0.2) is 13.7 Å². The smallest absolute Gasteiger partial charge is 0.0645 e. The van der Waals surface area contributed by atoms with Crippen molar-refractivity contribution in [2.45, 2.75) is 0 Å². The molecule has 13 aromatic rings. The Morgan fingerprint density at radius 1 is 0.279 bits per heavy atom. The Bertz CT molecular complexity index is 3990. The second-order valence-corrected chi connectivity index (χ2v) is 15.6. The molecule has 3 heteroatoms. The first kappa shape index (κ1) is 28.3. The summed E-state index contributed by atoms with van der Waals surface area (Å²) in [4.78, 5) is 0. The van der Waals surface area contributed by atoms with Crippen LogP contribution in [-0.2, 0) is 0 Å². The Kier molecular flexibility index (Phi) is 6.12. The van der Waals surface area contributed by atoms with Crippen LogP contribution in [0, 0.1) is 0 Å². The van der Waals surface area contributed by atoms with Gasteiger partial charge in [0.25, 0.3) is 0 Å². The zero-order valence-corrected chi connectivity index (χ0v) is 32.7. The zero-order chi connectivity index (χ0) is 45.2. The average molecular weight is 782 g/mol. The van der Waals surface area contributed by atoms with Crippen molar-refractivity contribution in [3.63, 3.8) is 0 Å². The maximum Gasteiger partial charge on any atom is 0.0645 e. The first-order valence-corrected chi connectivity index (χ1v) is 20.5. The number of para-hydroxylation sites is 4. The molecule has 0 aliphatic heterocycles. The number of nitrogens with zero attached hydrogens (tertiary/aromatic N) is 3. The van der Waals surface area contributed by atoms with Gasteiger partial charge in [-0.25, -0.2) is 0 Å². The quantitative estimate of drug-likeness (QED) is 0.165. The number of fused-ring (bicyclic) bond motifs is 10. The predicted molar refractivity (Wildman–Crippen MR) is 258 cm³/mol. The normalized spacial score (nSPS) is 13.3. The van der Waals surface area contributed by atoms with Gasteiger partial charge in [-0.05, 0) is 119 Å². The van der Waals surface area contributed by atoms with Crippen LogP contribution >= 0.6 is 0 Å². The summed E-state index contributed by atoms with van der Waals surface area (Å²) in [5.74, 6) is 0. The van der Waals surface area contributed by atoms with Gasteiger partial charge in [0.1, 0.15) is 0 Å². The van der Waals surface area contributed by atoms with E-state index in [1.807, 2.05) is 140 Å². The molecule has 0 saturated heterocycles. The van der Waals surface area contributed by atoms with E-state index in [0.29, 0.717) is 27.6 Å². The van der Waals surface area contributed by atoms with E-state index in [1.54, 1.807) is 4.57 Å². The first-order valence-electron chi connectivity index (χ1n) is 23.5. The monoisotopic (exact) mass is 781 g/mol. The molecule has 0 bridgehead atoms. The van der Waals surface area contributed by atoms with Gasteiger partial charge in [0.2, 0.25) is 0 Å². The van der Waals surface area contributed by atoms with E-state index in [-0.39, 0.29) is 58.4 Å². The molecule has 61 heavy (non-hydrogen) atoms. The Morgan fingerprint density at radius 2 is 0.721 bits per heavy atom. The van der Waals surface area contributed by atoms with Gasteiger partial charge in [-0.1, -0.05) is 133 Å². The third-order valence-corrected chi connectivity index (χ3v) is 12.2. The summed E-state index contributed by atoms with van der Waals surface area (Å²) in [6.45, 7) is 0. The van der Waals surface area contributed by atoms with Crippen LogP contribution in [0.5, 0.6) is 0 Å². The van der Waals surface area contributed by atoms with E-state index in [0.717, 1.165) is 65.8 Å². The van der Waals surface area contributed by atoms with E-state index in [2.05, 4.69) is 57.7 Å². The highest BCUT2D eigenvalue weighted by Gasteiger charge is 2.19. The van der Waals surface area contributed by atoms with Crippen LogP contribution < -0.4 is 0 Å². The summed E-state index contributed by atoms with van der Waals surface area (Å²) >= 11 is 0. The molecule has 3 heterocycles. The Morgan fingerprint density at radius 3 is 1.26 bits per heavy atom. The van der Waals surface area contributed by atoms with Crippen LogP contribution in [0.2, 0.25) is 0 Å². The maximum atomic E-state index is 10.2. The van der Waals surface area contributed by atoms with Gasteiger partial charge in [0.15, 0.2) is 0 Å². The fraction of sp³-hybridized carbons (Fsp3) is 0. The average Bonchev–Trinajstić information content (AvgIpc) is 4.02. The second kappa shape index (κ2) is 13.2. The van der Waals surface area contributed by atoms with Crippen molar-refractivity contribution in [2.75, 3.05) is 0 Å². The summed E-state index contributed by atoms with van der Waals surface area (Å²) in [5, 5.41) is 6.30. The minimum absolute atomic E-state index is 0.0101. The van der Waals surface area contributed by atoms with Gasteiger partial charge in [0, 0.05) is 49.1 Å². The van der Waals surface area contributed by atoms with E-state index in [4.69, 9.17) is 0 Å². The Hall–Kier alpha value is -8.14. The van der Waals surface area contributed by atoms with Gasteiger partial charge in [-0.3, -0.25) is 0 Å². The van der Waals surface area contributed by atoms with Crippen molar-refractivity contribution in [3.05, 3.63) is 224 Å². The molecule has 0 unspecified atom stereocenters. The summed E-state index contributed by atoms with van der Waals surface area (Å²) in [6, 6.07) is 61.9. The van der Waals surface area contributed by atoms with Gasteiger partial charge in [0.05, 0.1) is 47.0 Å². The molecule has 10 aromatic carbocycles. The minimum Gasteiger partial charge on any atom is -0.309 e. The topological polar surface area (TPSA) is 14.8 Å². The molecule has 0 saturated carbocycles. The second-order valence-electron chi connectivity index (χ2n) is 15.6. The number of hydrogen-bond acceptors (Lipinski definition) is 0. The fourth-order valence-electron chi connectivity index (χ4n) is 9.51. The lowest BCUT2D eigenvalue weighted by molar-refractivity contribution is 1.18. The molecule has 0 amide bonds. The number of rotatable bonds is 5. The zero-order valence-electron chi connectivity index (χ0n) is 38.7. The highest BCUT2D eigenvalue weighted by Crippen LogP contribution is 2.42. The molecular formula is C58H37N3. The molecular weight excluding hydrogens is 739 g/mol. The lowest BCUT2D eigenvalue weighted by Crippen LogP contribution is -1.95. The van der Waals surface area contributed by atoms with Gasteiger partial charge < -0.3 is 13.7 Å². The van der Waals surface area contributed by atoms with E-state index < -0.39 is 0 Å². The number of aromatic nitrogens is 3. The molecule has 0 aliphatic rings. The van der Waals surface area contributed by atoms with Crippen molar-refractivity contribution in [3.8, 4) is 39.3 Å². The first-order chi connectivity index (χ1) is 32.8.